The topological polar surface area (TPSA) is 52.6 Å². The molecular formula is C22H18Br2O4. The highest BCUT2D eigenvalue weighted by molar-refractivity contribution is 9.11. The van der Waals surface area contributed by atoms with Gasteiger partial charge >= 0.3 is 0 Å². The number of rotatable bonds is 3. The van der Waals surface area contributed by atoms with Crippen LogP contribution in [0.5, 0.6) is 5.75 Å². The number of hydrogen-bond acceptors (Lipinski definition) is 4. The molecule has 0 unspecified atom stereocenters. The van der Waals surface area contributed by atoms with Crippen molar-refractivity contribution in [2.75, 3.05) is 6.61 Å². The maximum Gasteiger partial charge on any atom is 0.163 e. The van der Waals surface area contributed by atoms with E-state index in [1.54, 1.807) is 0 Å². The van der Waals surface area contributed by atoms with E-state index in [9.17, 15) is 9.59 Å². The van der Waals surface area contributed by atoms with Crippen molar-refractivity contribution in [3.63, 3.8) is 0 Å². The average molecular weight is 506 g/mol. The van der Waals surface area contributed by atoms with Gasteiger partial charge in [-0.25, -0.2) is 0 Å². The van der Waals surface area contributed by atoms with E-state index in [0.29, 0.717) is 54.1 Å². The highest BCUT2D eigenvalue weighted by Gasteiger charge is 2.43. The number of halogens is 2. The molecule has 2 aliphatic carbocycles. The third-order valence-corrected chi connectivity index (χ3v) is 6.34. The fraction of sp³-hybridized carbons (Fsp3) is 0.364. The van der Waals surface area contributed by atoms with E-state index >= 15 is 0 Å². The lowest BCUT2D eigenvalue weighted by Gasteiger charge is -2.36. The van der Waals surface area contributed by atoms with Crippen molar-refractivity contribution < 1.29 is 19.1 Å². The maximum absolute atomic E-state index is 12.9. The van der Waals surface area contributed by atoms with Crippen LogP contribution in [0.25, 0.3) is 0 Å². The minimum atomic E-state index is -0.485. The third kappa shape index (κ3) is 3.35. The zero-order valence-electron chi connectivity index (χ0n) is 15.1. The Balaban J connectivity index is 1.96. The number of benzene rings is 1. The molecule has 144 valence electrons. The van der Waals surface area contributed by atoms with Gasteiger partial charge in [-0.05, 0) is 40.9 Å². The van der Waals surface area contributed by atoms with Crippen molar-refractivity contribution in [3.8, 4) is 18.1 Å². The molecule has 1 aliphatic heterocycles. The summed E-state index contributed by atoms with van der Waals surface area (Å²) in [6, 6.07) is 3.77. The van der Waals surface area contributed by atoms with Crippen LogP contribution in [0.15, 0.2) is 43.7 Å². The van der Waals surface area contributed by atoms with Crippen LogP contribution in [0.2, 0.25) is 0 Å². The normalized spacial score (nSPS) is 19.8. The summed E-state index contributed by atoms with van der Waals surface area (Å²) < 4.78 is 13.5. The summed E-state index contributed by atoms with van der Waals surface area (Å²) in [5.41, 5.74) is 1.94. The molecule has 0 radical (unpaired) electrons. The highest BCUT2D eigenvalue weighted by atomic mass is 79.9. The van der Waals surface area contributed by atoms with Gasteiger partial charge in [0.2, 0.25) is 0 Å². The van der Waals surface area contributed by atoms with Gasteiger partial charge in [0.15, 0.2) is 11.6 Å². The number of allylic oxidation sites excluding steroid dienone is 4. The van der Waals surface area contributed by atoms with E-state index in [1.807, 2.05) is 12.1 Å². The fourth-order valence-corrected chi connectivity index (χ4v) is 5.56. The monoisotopic (exact) mass is 504 g/mol. The Morgan fingerprint density at radius 3 is 2.21 bits per heavy atom. The number of carbonyl (C=O) groups is 2. The molecule has 3 aliphatic rings. The zero-order chi connectivity index (χ0) is 19.8. The molecular weight excluding hydrogens is 488 g/mol. The lowest BCUT2D eigenvalue weighted by molar-refractivity contribution is -0.117. The molecule has 6 heteroatoms. The molecule has 0 atom stereocenters. The van der Waals surface area contributed by atoms with Crippen LogP contribution in [-0.2, 0) is 14.3 Å². The molecule has 0 saturated heterocycles. The Hall–Kier alpha value is -1.84. The Bertz CT molecular complexity index is 939. The van der Waals surface area contributed by atoms with E-state index in [0.717, 1.165) is 27.4 Å². The van der Waals surface area contributed by atoms with E-state index in [4.69, 9.17) is 15.9 Å². The summed E-state index contributed by atoms with van der Waals surface area (Å²) in [5.74, 6) is 4.03. The molecule has 4 rings (SSSR count). The lowest BCUT2D eigenvalue weighted by Crippen LogP contribution is -2.30. The standard InChI is InChI=1S/C22H18Br2O4/c1-2-9-27-22-13(10-12(23)11-14(22)24)19-20-15(25)5-3-7-17(20)28-18-8-4-6-16(26)21(18)19/h1,10-11,19H,3-9H2. The van der Waals surface area contributed by atoms with Gasteiger partial charge in [-0.1, -0.05) is 21.9 Å². The van der Waals surface area contributed by atoms with Crippen LogP contribution in [-0.4, -0.2) is 18.2 Å². The van der Waals surface area contributed by atoms with Crippen LogP contribution >= 0.6 is 31.9 Å². The molecule has 4 nitrogen and oxygen atoms in total. The summed E-state index contributed by atoms with van der Waals surface area (Å²) in [7, 11) is 0. The number of ether oxygens (including phenoxy) is 2. The van der Waals surface area contributed by atoms with Crippen LogP contribution in [0.4, 0.5) is 0 Å². The maximum atomic E-state index is 12.9. The first-order chi connectivity index (χ1) is 13.5. The number of hydrogen-bond donors (Lipinski definition) is 0. The molecule has 0 aromatic heterocycles. The molecule has 1 heterocycles. The largest absolute Gasteiger partial charge is 0.479 e. The van der Waals surface area contributed by atoms with Gasteiger partial charge in [0.1, 0.15) is 23.9 Å². The summed E-state index contributed by atoms with van der Waals surface area (Å²) >= 11 is 7.07. The van der Waals surface area contributed by atoms with E-state index in [1.165, 1.54) is 0 Å². The first-order valence-corrected chi connectivity index (χ1v) is 10.9. The summed E-state index contributed by atoms with van der Waals surface area (Å²) in [6.07, 6.45) is 9.27. The van der Waals surface area contributed by atoms with Gasteiger partial charge in [-0.2, -0.15) is 0 Å². The molecule has 0 spiro atoms. The molecule has 0 N–H and O–H groups in total. The van der Waals surface area contributed by atoms with Gasteiger partial charge in [-0.3, -0.25) is 9.59 Å². The predicted octanol–water partition coefficient (Wildman–Crippen LogP) is 5.35. The van der Waals surface area contributed by atoms with Crippen LogP contribution in [0.1, 0.15) is 50.0 Å². The second-order valence-corrected chi connectivity index (χ2v) is 8.83. The van der Waals surface area contributed by atoms with Crippen molar-refractivity contribution in [1.29, 1.82) is 0 Å². The minimum absolute atomic E-state index is 0.0372. The van der Waals surface area contributed by atoms with Crippen molar-refractivity contribution in [3.05, 3.63) is 49.3 Å². The van der Waals surface area contributed by atoms with Crippen molar-refractivity contribution in [1.82, 2.24) is 0 Å². The third-order valence-electron chi connectivity index (χ3n) is 5.29. The van der Waals surface area contributed by atoms with E-state index in [2.05, 4.69) is 37.8 Å². The summed E-state index contributed by atoms with van der Waals surface area (Å²) in [5, 5.41) is 0. The predicted molar refractivity (Wildman–Crippen MR) is 112 cm³/mol. The van der Waals surface area contributed by atoms with Gasteiger partial charge in [0.05, 0.1) is 10.4 Å². The lowest BCUT2D eigenvalue weighted by atomic mass is 9.73. The van der Waals surface area contributed by atoms with E-state index in [-0.39, 0.29) is 18.2 Å². The number of Topliss-reactive ketones (excluding diaryl/α,β-unsaturated/α-hetero) is 2. The first-order valence-electron chi connectivity index (χ1n) is 9.26. The Kier molecular flexibility index (Phi) is 5.48. The van der Waals surface area contributed by atoms with Crippen molar-refractivity contribution in [2.45, 2.75) is 44.4 Å². The zero-order valence-corrected chi connectivity index (χ0v) is 18.3. The highest BCUT2D eigenvalue weighted by Crippen LogP contribution is 2.51. The molecule has 28 heavy (non-hydrogen) atoms. The van der Waals surface area contributed by atoms with Crippen LogP contribution in [0, 0.1) is 12.3 Å². The van der Waals surface area contributed by atoms with Crippen LogP contribution < -0.4 is 4.74 Å². The van der Waals surface area contributed by atoms with Crippen molar-refractivity contribution in [2.24, 2.45) is 0 Å². The smallest absolute Gasteiger partial charge is 0.163 e. The molecule has 1 aromatic rings. The van der Waals surface area contributed by atoms with Gasteiger partial charge < -0.3 is 9.47 Å². The first kappa shape index (κ1) is 19.5. The second-order valence-electron chi connectivity index (χ2n) is 7.06. The van der Waals surface area contributed by atoms with Crippen molar-refractivity contribution >= 4 is 43.4 Å². The molecule has 0 bridgehead atoms. The summed E-state index contributed by atoms with van der Waals surface area (Å²) in [6.45, 7) is 0.0934. The number of terminal acetylenes is 1. The summed E-state index contributed by atoms with van der Waals surface area (Å²) in [4.78, 5) is 25.8. The van der Waals surface area contributed by atoms with Gasteiger partial charge in [-0.15, -0.1) is 6.42 Å². The van der Waals surface area contributed by atoms with Gasteiger partial charge in [0.25, 0.3) is 0 Å². The Labute approximate surface area is 180 Å². The molecule has 0 amide bonds. The fourth-order valence-electron chi connectivity index (χ4n) is 4.19. The minimum Gasteiger partial charge on any atom is -0.479 e. The SMILES string of the molecule is C#CCOc1c(Br)cc(Br)cc1C1C2=C(CCCC2=O)OC2=C1C(=O)CCC2. The Morgan fingerprint density at radius 1 is 1.04 bits per heavy atom. The number of ketones is 2. The average Bonchev–Trinajstić information content (AvgIpc) is 2.66. The van der Waals surface area contributed by atoms with Gasteiger partial charge in [0, 0.05) is 46.9 Å². The molecule has 0 saturated carbocycles. The quantitative estimate of drug-likeness (QED) is 0.519. The van der Waals surface area contributed by atoms with Crippen LogP contribution in [0.3, 0.4) is 0 Å². The molecule has 0 fully saturated rings. The Morgan fingerprint density at radius 2 is 1.64 bits per heavy atom. The molecule has 1 aromatic carbocycles. The van der Waals surface area contributed by atoms with E-state index < -0.39 is 5.92 Å². The second kappa shape index (κ2) is 7.88. The number of carbonyl (C=O) groups excluding carboxylic acids is 2.